The summed E-state index contributed by atoms with van der Waals surface area (Å²) in [4.78, 5) is 18.6. The van der Waals surface area contributed by atoms with Gasteiger partial charge in [0, 0.05) is 43.4 Å². The van der Waals surface area contributed by atoms with E-state index < -0.39 is 0 Å². The molecule has 6 heteroatoms. The second-order valence-corrected chi connectivity index (χ2v) is 6.02. The van der Waals surface area contributed by atoms with Crippen molar-refractivity contribution in [2.24, 2.45) is 0 Å². The fraction of sp³-hybridized carbons (Fsp3) is 0.278. The van der Waals surface area contributed by atoms with Gasteiger partial charge in [0.1, 0.15) is 5.82 Å². The standard InChI is InChI=1S/C18H22N6/c1-12-11-20-17(21-12)13(2)22-18-19-10-9-16(23-18)14-5-7-15(8-6-14)24(3)4/h5-11,13H,1-4H3,(H,20,21)(H,19,22,23). The van der Waals surface area contributed by atoms with Crippen LogP contribution in [-0.4, -0.2) is 34.0 Å². The Labute approximate surface area is 142 Å². The van der Waals surface area contributed by atoms with Crippen molar-refractivity contribution < 1.29 is 0 Å². The number of hydrogen-bond acceptors (Lipinski definition) is 5. The average molecular weight is 322 g/mol. The summed E-state index contributed by atoms with van der Waals surface area (Å²) < 4.78 is 0. The van der Waals surface area contributed by atoms with Crippen LogP contribution in [0.3, 0.4) is 0 Å². The molecule has 6 nitrogen and oxygen atoms in total. The number of hydrogen-bond donors (Lipinski definition) is 2. The third-order valence-electron chi connectivity index (χ3n) is 3.81. The zero-order valence-corrected chi connectivity index (χ0v) is 14.4. The van der Waals surface area contributed by atoms with Gasteiger partial charge in [0.2, 0.25) is 5.95 Å². The molecule has 1 unspecified atom stereocenters. The van der Waals surface area contributed by atoms with Gasteiger partial charge in [-0.3, -0.25) is 0 Å². The van der Waals surface area contributed by atoms with Crippen LogP contribution in [0.2, 0.25) is 0 Å². The van der Waals surface area contributed by atoms with Gasteiger partial charge < -0.3 is 15.2 Å². The van der Waals surface area contributed by atoms with Crippen LogP contribution >= 0.6 is 0 Å². The van der Waals surface area contributed by atoms with Gasteiger partial charge in [-0.25, -0.2) is 15.0 Å². The van der Waals surface area contributed by atoms with Gasteiger partial charge in [-0.2, -0.15) is 0 Å². The lowest BCUT2D eigenvalue weighted by Crippen LogP contribution is -2.11. The highest BCUT2D eigenvalue weighted by Gasteiger charge is 2.11. The smallest absolute Gasteiger partial charge is 0.223 e. The summed E-state index contributed by atoms with van der Waals surface area (Å²) in [5.74, 6) is 1.46. The number of imidazole rings is 1. The molecule has 0 amide bonds. The molecular formula is C18H22N6. The van der Waals surface area contributed by atoms with Crippen LogP contribution in [0, 0.1) is 6.92 Å². The highest BCUT2D eigenvalue weighted by Crippen LogP contribution is 2.22. The molecular weight excluding hydrogens is 300 g/mol. The van der Waals surface area contributed by atoms with Gasteiger partial charge in [0.15, 0.2) is 0 Å². The Kier molecular flexibility index (Phi) is 4.46. The van der Waals surface area contributed by atoms with Crippen molar-refractivity contribution in [3.63, 3.8) is 0 Å². The predicted molar refractivity (Wildman–Crippen MR) is 97.2 cm³/mol. The lowest BCUT2D eigenvalue weighted by Gasteiger charge is -2.14. The van der Waals surface area contributed by atoms with E-state index in [4.69, 9.17) is 0 Å². The SMILES string of the molecule is Cc1cnc(C(C)Nc2nccc(-c3ccc(N(C)C)cc3)n2)[nH]1. The van der Waals surface area contributed by atoms with Crippen LogP contribution in [0.5, 0.6) is 0 Å². The van der Waals surface area contributed by atoms with Gasteiger partial charge in [0.05, 0.1) is 11.7 Å². The topological polar surface area (TPSA) is 69.7 Å². The first-order chi connectivity index (χ1) is 11.5. The summed E-state index contributed by atoms with van der Waals surface area (Å²) in [6.45, 7) is 4.01. The number of aromatic amines is 1. The number of nitrogens with one attached hydrogen (secondary N) is 2. The molecule has 2 heterocycles. The Hall–Kier alpha value is -2.89. The van der Waals surface area contributed by atoms with E-state index in [0.717, 1.165) is 28.5 Å². The molecule has 0 radical (unpaired) electrons. The van der Waals surface area contributed by atoms with Crippen molar-refractivity contribution in [3.05, 3.63) is 54.2 Å². The third-order valence-corrected chi connectivity index (χ3v) is 3.81. The molecule has 24 heavy (non-hydrogen) atoms. The first kappa shape index (κ1) is 16.0. The Morgan fingerprint density at radius 2 is 1.83 bits per heavy atom. The average Bonchev–Trinajstić information content (AvgIpc) is 3.02. The minimum atomic E-state index is 0.00469. The Balaban J connectivity index is 1.78. The largest absolute Gasteiger partial charge is 0.378 e. The molecule has 0 saturated carbocycles. The van der Waals surface area contributed by atoms with Crippen molar-refractivity contribution in [2.45, 2.75) is 19.9 Å². The van der Waals surface area contributed by atoms with Gasteiger partial charge in [0.25, 0.3) is 0 Å². The minimum Gasteiger partial charge on any atom is -0.378 e. The Morgan fingerprint density at radius 1 is 1.08 bits per heavy atom. The Morgan fingerprint density at radius 3 is 2.46 bits per heavy atom. The second kappa shape index (κ2) is 6.70. The normalized spacial score (nSPS) is 12.0. The number of benzene rings is 1. The molecule has 3 rings (SSSR count). The van der Waals surface area contributed by atoms with Crippen LogP contribution in [0.25, 0.3) is 11.3 Å². The molecule has 0 aliphatic carbocycles. The van der Waals surface area contributed by atoms with Crippen LogP contribution < -0.4 is 10.2 Å². The maximum Gasteiger partial charge on any atom is 0.223 e. The van der Waals surface area contributed by atoms with Crippen LogP contribution in [0.15, 0.2) is 42.7 Å². The zero-order valence-electron chi connectivity index (χ0n) is 14.4. The van der Waals surface area contributed by atoms with Gasteiger partial charge in [-0.05, 0) is 32.0 Å². The zero-order chi connectivity index (χ0) is 17.1. The summed E-state index contributed by atoms with van der Waals surface area (Å²) in [5.41, 5.74) is 4.15. The number of aromatic nitrogens is 4. The molecule has 2 aromatic heterocycles. The van der Waals surface area contributed by atoms with Crippen molar-refractivity contribution in [2.75, 3.05) is 24.3 Å². The maximum absolute atomic E-state index is 4.61. The van der Waals surface area contributed by atoms with Crippen molar-refractivity contribution >= 4 is 11.6 Å². The molecule has 1 aromatic carbocycles. The molecule has 1 atom stereocenters. The third kappa shape index (κ3) is 3.53. The Bertz CT molecular complexity index is 806. The molecule has 0 fully saturated rings. The molecule has 2 N–H and O–H groups in total. The fourth-order valence-corrected chi connectivity index (χ4v) is 2.43. The summed E-state index contributed by atoms with van der Waals surface area (Å²) in [6, 6.07) is 10.2. The monoisotopic (exact) mass is 322 g/mol. The fourth-order valence-electron chi connectivity index (χ4n) is 2.43. The summed E-state index contributed by atoms with van der Waals surface area (Å²) >= 11 is 0. The van der Waals surface area contributed by atoms with Crippen molar-refractivity contribution in [1.29, 1.82) is 0 Å². The molecule has 3 aromatic rings. The molecule has 124 valence electrons. The molecule has 0 spiro atoms. The predicted octanol–water partition coefficient (Wildman–Crippen LogP) is 3.41. The quantitative estimate of drug-likeness (QED) is 0.753. The van der Waals surface area contributed by atoms with E-state index in [1.807, 2.05) is 40.2 Å². The van der Waals surface area contributed by atoms with Crippen molar-refractivity contribution in [3.8, 4) is 11.3 Å². The van der Waals surface area contributed by atoms with Crippen LogP contribution in [0.1, 0.15) is 24.5 Å². The number of rotatable bonds is 5. The number of anilines is 2. The van der Waals surface area contributed by atoms with Gasteiger partial charge in [-0.1, -0.05) is 12.1 Å². The van der Waals surface area contributed by atoms with E-state index in [2.05, 4.69) is 54.4 Å². The van der Waals surface area contributed by atoms with E-state index >= 15 is 0 Å². The summed E-state index contributed by atoms with van der Waals surface area (Å²) in [6.07, 6.45) is 3.59. The molecule has 0 aliphatic heterocycles. The number of H-pyrrole nitrogens is 1. The number of aryl methyl sites for hydroxylation is 1. The summed E-state index contributed by atoms with van der Waals surface area (Å²) in [5, 5.41) is 3.29. The van der Waals surface area contributed by atoms with E-state index in [9.17, 15) is 0 Å². The highest BCUT2D eigenvalue weighted by molar-refractivity contribution is 5.63. The lowest BCUT2D eigenvalue weighted by atomic mass is 10.1. The number of nitrogens with zero attached hydrogens (tertiary/aromatic N) is 4. The molecule has 0 saturated heterocycles. The molecule has 0 bridgehead atoms. The minimum absolute atomic E-state index is 0.00469. The van der Waals surface area contributed by atoms with Gasteiger partial charge >= 0.3 is 0 Å². The van der Waals surface area contributed by atoms with E-state index in [1.54, 1.807) is 6.20 Å². The lowest BCUT2D eigenvalue weighted by molar-refractivity contribution is 0.793. The first-order valence-electron chi connectivity index (χ1n) is 7.92. The highest BCUT2D eigenvalue weighted by atomic mass is 15.1. The first-order valence-corrected chi connectivity index (χ1v) is 7.92. The van der Waals surface area contributed by atoms with E-state index in [0.29, 0.717) is 5.95 Å². The van der Waals surface area contributed by atoms with Gasteiger partial charge in [-0.15, -0.1) is 0 Å². The van der Waals surface area contributed by atoms with Crippen molar-refractivity contribution in [1.82, 2.24) is 19.9 Å². The van der Waals surface area contributed by atoms with E-state index in [1.165, 1.54) is 0 Å². The van der Waals surface area contributed by atoms with E-state index in [-0.39, 0.29) is 6.04 Å². The second-order valence-electron chi connectivity index (χ2n) is 6.02. The van der Waals surface area contributed by atoms with Crippen LogP contribution in [0.4, 0.5) is 11.6 Å². The summed E-state index contributed by atoms with van der Waals surface area (Å²) in [7, 11) is 4.05. The van der Waals surface area contributed by atoms with Crippen LogP contribution in [-0.2, 0) is 0 Å². The maximum atomic E-state index is 4.61. The molecule has 0 aliphatic rings.